The maximum atomic E-state index is 13.5. The molecule has 0 aliphatic carbocycles. The SMILES string of the molecule is CC(C)(C)CC(CC(C)(C)C)C(OC(=O)CCC(=O)[O-])C(F)(F)F. The Labute approximate surface area is 141 Å². The van der Waals surface area contributed by atoms with Crippen LogP contribution in [0.15, 0.2) is 0 Å². The fourth-order valence-corrected chi connectivity index (χ4v) is 2.69. The van der Waals surface area contributed by atoms with E-state index in [1.165, 1.54) is 0 Å². The normalized spacial score (nSPS) is 14.6. The molecular formula is C17H28F3O4-. The van der Waals surface area contributed by atoms with Gasteiger partial charge >= 0.3 is 12.1 Å². The molecule has 1 atom stereocenters. The zero-order valence-corrected chi connectivity index (χ0v) is 15.3. The number of esters is 1. The van der Waals surface area contributed by atoms with Crippen molar-refractivity contribution < 1.29 is 32.6 Å². The Bertz CT molecular complexity index is 415. The van der Waals surface area contributed by atoms with E-state index in [1.807, 2.05) is 41.5 Å². The Morgan fingerprint density at radius 1 is 0.917 bits per heavy atom. The lowest BCUT2D eigenvalue weighted by molar-refractivity contribution is -0.305. The molecule has 0 rings (SSSR count). The molecule has 0 aliphatic heterocycles. The summed E-state index contributed by atoms with van der Waals surface area (Å²) in [5.41, 5.74) is -0.756. The van der Waals surface area contributed by atoms with E-state index in [2.05, 4.69) is 4.74 Å². The molecule has 0 aromatic carbocycles. The van der Waals surface area contributed by atoms with Crippen molar-refractivity contribution in [2.75, 3.05) is 0 Å². The summed E-state index contributed by atoms with van der Waals surface area (Å²) in [6.07, 6.45) is -7.80. The van der Waals surface area contributed by atoms with Crippen LogP contribution in [0.2, 0.25) is 0 Å². The molecule has 0 N–H and O–H groups in total. The lowest BCUT2D eigenvalue weighted by atomic mass is 9.74. The van der Waals surface area contributed by atoms with Gasteiger partial charge in [0, 0.05) is 11.9 Å². The van der Waals surface area contributed by atoms with Crippen LogP contribution < -0.4 is 5.11 Å². The molecule has 0 aromatic heterocycles. The molecule has 0 bridgehead atoms. The second-order valence-electron chi connectivity index (χ2n) is 8.61. The fraction of sp³-hybridized carbons (Fsp3) is 0.882. The van der Waals surface area contributed by atoms with E-state index in [9.17, 15) is 27.9 Å². The number of carbonyl (C=O) groups is 2. The highest BCUT2D eigenvalue weighted by atomic mass is 19.4. The molecule has 0 saturated heterocycles. The van der Waals surface area contributed by atoms with E-state index >= 15 is 0 Å². The molecule has 0 amide bonds. The molecule has 0 saturated carbocycles. The fourth-order valence-electron chi connectivity index (χ4n) is 2.69. The standard InChI is InChI=1S/C17H29F3O4/c1-15(2,3)9-11(10-16(4,5)6)14(17(18,19)20)24-13(23)8-7-12(21)22/h11,14H,7-10H2,1-6H3,(H,21,22)/p-1. The van der Waals surface area contributed by atoms with Gasteiger partial charge in [0.2, 0.25) is 0 Å². The largest absolute Gasteiger partial charge is 0.550 e. The minimum Gasteiger partial charge on any atom is -0.550 e. The average Bonchev–Trinajstić information content (AvgIpc) is 2.27. The van der Waals surface area contributed by atoms with Crippen molar-refractivity contribution in [2.24, 2.45) is 16.7 Å². The van der Waals surface area contributed by atoms with E-state index in [0.717, 1.165) is 0 Å². The van der Waals surface area contributed by atoms with Crippen LogP contribution in [-0.2, 0) is 14.3 Å². The first-order valence-electron chi connectivity index (χ1n) is 7.97. The van der Waals surface area contributed by atoms with Crippen molar-refractivity contribution in [3.05, 3.63) is 0 Å². The summed E-state index contributed by atoms with van der Waals surface area (Å²) in [6.45, 7) is 11.0. The summed E-state index contributed by atoms with van der Waals surface area (Å²) in [6, 6.07) is 0. The van der Waals surface area contributed by atoms with E-state index in [1.54, 1.807) is 0 Å². The lowest BCUT2D eigenvalue weighted by Crippen LogP contribution is -2.43. The molecule has 7 heteroatoms. The highest BCUT2D eigenvalue weighted by Gasteiger charge is 2.49. The number of carboxylic acid groups (broad SMARTS) is 1. The van der Waals surface area contributed by atoms with Crippen molar-refractivity contribution >= 4 is 11.9 Å². The third-order valence-electron chi connectivity index (χ3n) is 3.29. The molecule has 24 heavy (non-hydrogen) atoms. The number of hydrogen-bond acceptors (Lipinski definition) is 4. The maximum absolute atomic E-state index is 13.5. The monoisotopic (exact) mass is 353 g/mol. The molecule has 142 valence electrons. The van der Waals surface area contributed by atoms with Crippen molar-refractivity contribution in [1.82, 2.24) is 0 Å². The van der Waals surface area contributed by atoms with Crippen molar-refractivity contribution in [2.45, 2.75) is 79.5 Å². The van der Waals surface area contributed by atoms with Gasteiger partial charge in [-0.3, -0.25) is 4.79 Å². The Morgan fingerprint density at radius 3 is 1.62 bits per heavy atom. The predicted octanol–water partition coefficient (Wildman–Crippen LogP) is 3.48. The first-order chi connectivity index (χ1) is 10.5. The van der Waals surface area contributed by atoms with Gasteiger partial charge in [-0.1, -0.05) is 41.5 Å². The highest BCUT2D eigenvalue weighted by molar-refractivity contribution is 5.75. The molecule has 4 nitrogen and oxygen atoms in total. The number of rotatable bonds is 7. The highest BCUT2D eigenvalue weighted by Crippen LogP contribution is 2.41. The predicted molar refractivity (Wildman–Crippen MR) is 81.8 cm³/mol. The third kappa shape index (κ3) is 10.5. The Kier molecular flexibility index (Phi) is 7.77. The van der Waals surface area contributed by atoms with E-state index < -0.39 is 43.0 Å². The maximum Gasteiger partial charge on any atom is 0.425 e. The third-order valence-corrected chi connectivity index (χ3v) is 3.29. The quantitative estimate of drug-likeness (QED) is 0.657. The summed E-state index contributed by atoms with van der Waals surface area (Å²) in [4.78, 5) is 22.0. The number of halogens is 3. The van der Waals surface area contributed by atoms with Gasteiger partial charge in [-0.05, 0) is 30.1 Å². The summed E-state index contributed by atoms with van der Waals surface area (Å²) >= 11 is 0. The minimum atomic E-state index is -4.71. The van der Waals surface area contributed by atoms with Crippen LogP contribution in [0.4, 0.5) is 13.2 Å². The van der Waals surface area contributed by atoms with Crippen LogP contribution in [0.25, 0.3) is 0 Å². The van der Waals surface area contributed by atoms with E-state index in [-0.39, 0.29) is 23.7 Å². The first-order valence-corrected chi connectivity index (χ1v) is 7.97. The van der Waals surface area contributed by atoms with E-state index in [0.29, 0.717) is 0 Å². The zero-order valence-electron chi connectivity index (χ0n) is 15.3. The van der Waals surface area contributed by atoms with Gasteiger partial charge in [-0.2, -0.15) is 13.2 Å². The van der Waals surface area contributed by atoms with Crippen molar-refractivity contribution in [3.63, 3.8) is 0 Å². The van der Waals surface area contributed by atoms with Crippen molar-refractivity contribution in [3.8, 4) is 0 Å². The lowest BCUT2D eigenvalue weighted by Gasteiger charge is -2.36. The van der Waals surface area contributed by atoms with Gasteiger partial charge in [-0.25, -0.2) is 0 Å². The Morgan fingerprint density at radius 2 is 1.33 bits per heavy atom. The smallest absolute Gasteiger partial charge is 0.425 e. The van der Waals surface area contributed by atoms with Crippen LogP contribution in [0.5, 0.6) is 0 Å². The second-order valence-corrected chi connectivity index (χ2v) is 8.61. The first kappa shape index (κ1) is 22.7. The summed E-state index contributed by atoms with van der Waals surface area (Å²) in [5.74, 6) is -3.58. The second kappa shape index (κ2) is 8.21. The number of alkyl halides is 3. The molecule has 0 radical (unpaired) electrons. The summed E-state index contributed by atoms with van der Waals surface area (Å²) < 4.78 is 45.1. The average molecular weight is 353 g/mol. The number of carbonyl (C=O) groups excluding carboxylic acids is 2. The van der Waals surface area contributed by atoms with Crippen LogP contribution in [-0.4, -0.2) is 24.2 Å². The molecular weight excluding hydrogens is 325 g/mol. The van der Waals surface area contributed by atoms with Crippen LogP contribution in [0, 0.1) is 16.7 Å². The van der Waals surface area contributed by atoms with Crippen molar-refractivity contribution in [1.29, 1.82) is 0 Å². The number of aliphatic carboxylic acids is 1. The number of hydrogen-bond donors (Lipinski definition) is 0. The van der Waals surface area contributed by atoms with Gasteiger partial charge in [0.1, 0.15) is 0 Å². The van der Waals surface area contributed by atoms with Crippen LogP contribution >= 0.6 is 0 Å². The molecule has 0 spiro atoms. The molecule has 0 aliphatic rings. The van der Waals surface area contributed by atoms with Gasteiger partial charge < -0.3 is 14.6 Å². The topological polar surface area (TPSA) is 66.4 Å². The molecule has 0 aromatic rings. The number of ether oxygens (including phenoxy) is 1. The minimum absolute atomic E-state index is 0.224. The van der Waals surface area contributed by atoms with Gasteiger partial charge in [0.15, 0.2) is 6.10 Å². The van der Waals surface area contributed by atoms with Crippen LogP contribution in [0.1, 0.15) is 67.2 Å². The molecule has 1 unspecified atom stereocenters. The Hall–Kier alpha value is -1.27. The number of carboxylic acids is 1. The van der Waals surface area contributed by atoms with Gasteiger partial charge in [0.05, 0.1) is 6.42 Å². The van der Waals surface area contributed by atoms with Crippen LogP contribution in [0.3, 0.4) is 0 Å². The molecule has 0 fully saturated rings. The Balaban J connectivity index is 5.37. The zero-order chi connectivity index (χ0) is 19.3. The summed E-state index contributed by atoms with van der Waals surface area (Å²) in [7, 11) is 0. The van der Waals surface area contributed by atoms with E-state index in [4.69, 9.17) is 0 Å². The van der Waals surface area contributed by atoms with Gasteiger partial charge in [-0.15, -0.1) is 0 Å². The summed E-state index contributed by atoms with van der Waals surface area (Å²) in [5, 5.41) is 10.4. The van der Waals surface area contributed by atoms with Gasteiger partial charge in [0.25, 0.3) is 0 Å². The molecule has 0 heterocycles.